The number of hydrogen-bond donors (Lipinski definition) is 1. The number of furan rings is 2. The highest BCUT2D eigenvalue weighted by molar-refractivity contribution is 6.79. The van der Waals surface area contributed by atoms with Gasteiger partial charge in [0.2, 0.25) is 0 Å². The van der Waals surface area contributed by atoms with E-state index in [1.165, 1.54) is 0 Å². The normalized spacial score (nSPS) is 11.8. The Labute approximate surface area is 160 Å². The fourth-order valence-corrected chi connectivity index (χ4v) is 4.02. The average Bonchev–Trinajstić information content (AvgIpc) is 3.30. The first-order chi connectivity index (χ1) is 13.8. The van der Waals surface area contributed by atoms with Crippen LogP contribution in [0.1, 0.15) is 0 Å². The van der Waals surface area contributed by atoms with Gasteiger partial charge in [0.15, 0.2) is 0 Å². The molecule has 6 aromatic rings. The van der Waals surface area contributed by atoms with E-state index in [1.54, 1.807) is 0 Å². The Morgan fingerprint density at radius 3 is 1.43 bits per heavy atom. The van der Waals surface area contributed by atoms with Crippen molar-refractivity contribution in [2.24, 2.45) is 0 Å². The lowest BCUT2D eigenvalue weighted by Crippen LogP contribution is -2.42. The van der Waals surface area contributed by atoms with E-state index in [1.807, 2.05) is 84.9 Å². The Bertz CT molecular complexity index is 1380. The van der Waals surface area contributed by atoms with Gasteiger partial charge in [-0.15, -0.1) is 0 Å². The second kappa shape index (κ2) is 5.75. The van der Waals surface area contributed by atoms with E-state index in [0.29, 0.717) is 0 Å². The summed E-state index contributed by atoms with van der Waals surface area (Å²) in [5, 5.41) is 15.2. The van der Waals surface area contributed by atoms with Gasteiger partial charge in [0.1, 0.15) is 22.3 Å². The molecule has 2 heterocycles. The number of rotatable bonds is 2. The van der Waals surface area contributed by atoms with Gasteiger partial charge in [0.25, 0.3) is 0 Å². The first kappa shape index (κ1) is 15.6. The van der Waals surface area contributed by atoms with Crippen LogP contribution in [-0.4, -0.2) is 11.9 Å². The summed E-state index contributed by atoms with van der Waals surface area (Å²) >= 11 is 0. The Morgan fingerprint density at radius 1 is 0.500 bits per heavy atom. The molecule has 0 amide bonds. The van der Waals surface area contributed by atoms with Crippen molar-refractivity contribution < 1.29 is 13.9 Å². The zero-order chi connectivity index (χ0) is 18.7. The first-order valence-corrected chi connectivity index (χ1v) is 9.28. The van der Waals surface area contributed by atoms with E-state index < -0.39 is 6.92 Å². The average molecular weight is 362 g/mol. The SMILES string of the molecule is OB(c1ccc2oc3ccccc3c2c1)c1ccc2oc3ccccc3c2c1. The minimum atomic E-state index is -0.726. The van der Waals surface area contributed by atoms with Crippen LogP contribution >= 0.6 is 0 Å². The van der Waals surface area contributed by atoms with Gasteiger partial charge in [0.05, 0.1) is 0 Å². The van der Waals surface area contributed by atoms with Crippen LogP contribution in [0.25, 0.3) is 43.9 Å². The zero-order valence-corrected chi connectivity index (χ0v) is 14.9. The third kappa shape index (κ3) is 2.22. The van der Waals surface area contributed by atoms with Crippen LogP contribution in [0.4, 0.5) is 0 Å². The Kier molecular flexibility index (Phi) is 3.19. The molecule has 2 aromatic heterocycles. The summed E-state index contributed by atoms with van der Waals surface area (Å²) in [7, 11) is 0. The van der Waals surface area contributed by atoms with Crippen LogP contribution < -0.4 is 10.9 Å². The predicted molar refractivity (Wildman–Crippen MR) is 115 cm³/mol. The molecule has 0 bridgehead atoms. The van der Waals surface area contributed by atoms with Gasteiger partial charge in [-0.25, -0.2) is 0 Å². The second-order valence-corrected chi connectivity index (χ2v) is 7.11. The molecule has 4 heteroatoms. The van der Waals surface area contributed by atoms with Gasteiger partial charge >= 0.3 is 6.92 Å². The van der Waals surface area contributed by atoms with E-state index in [0.717, 1.165) is 54.8 Å². The monoisotopic (exact) mass is 362 g/mol. The van der Waals surface area contributed by atoms with E-state index in [-0.39, 0.29) is 0 Å². The number of hydrogen-bond acceptors (Lipinski definition) is 3. The van der Waals surface area contributed by atoms with Crippen LogP contribution in [0.5, 0.6) is 0 Å². The second-order valence-electron chi connectivity index (χ2n) is 7.11. The van der Waals surface area contributed by atoms with Crippen molar-refractivity contribution >= 4 is 61.7 Å². The molecule has 132 valence electrons. The molecule has 0 aliphatic carbocycles. The highest BCUT2D eigenvalue weighted by atomic mass is 16.3. The molecule has 4 aromatic carbocycles. The summed E-state index contributed by atoms with van der Waals surface area (Å²) in [6.07, 6.45) is 0. The summed E-state index contributed by atoms with van der Waals surface area (Å²) in [5.41, 5.74) is 5.05. The molecule has 0 fully saturated rings. The van der Waals surface area contributed by atoms with Crippen molar-refractivity contribution in [3.05, 3.63) is 84.9 Å². The van der Waals surface area contributed by atoms with Crippen molar-refractivity contribution in [2.45, 2.75) is 0 Å². The minimum Gasteiger partial charge on any atom is -0.456 e. The van der Waals surface area contributed by atoms with Crippen molar-refractivity contribution in [3.8, 4) is 0 Å². The van der Waals surface area contributed by atoms with Gasteiger partial charge in [-0.2, -0.15) is 0 Å². The van der Waals surface area contributed by atoms with Crippen LogP contribution in [0.3, 0.4) is 0 Å². The standard InChI is InChI=1S/C24H15BO3/c26-25(15-9-11-23-19(13-15)17-5-1-3-7-21(17)27-23)16-10-12-24-20(14-16)18-6-2-4-8-22(18)28-24/h1-14,26H. The third-order valence-corrected chi connectivity index (χ3v) is 5.43. The smallest absolute Gasteiger partial charge is 0.359 e. The maximum absolute atomic E-state index is 11.1. The lowest BCUT2D eigenvalue weighted by Gasteiger charge is -2.08. The number of benzene rings is 4. The topological polar surface area (TPSA) is 46.5 Å². The van der Waals surface area contributed by atoms with Crippen molar-refractivity contribution in [2.75, 3.05) is 0 Å². The molecular formula is C24H15BO3. The summed E-state index contributed by atoms with van der Waals surface area (Å²) in [5.74, 6) is 0. The molecule has 0 radical (unpaired) electrons. The van der Waals surface area contributed by atoms with Gasteiger partial charge in [-0.05, 0) is 35.2 Å². The highest BCUT2D eigenvalue weighted by Gasteiger charge is 2.20. The van der Waals surface area contributed by atoms with Crippen molar-refractivity contribution in [3.63, 3.8) is 0 Å². The molecule has 28 heavy (non-hydrogen) atoms. The predicted octanol–water partition coefficient (Wildman–Crippen LogP) is 4.58. The molecule has 1 N–H and O–H groups in total. The molecule has 3 nitrogen and oxygen atoms in total. The molecule has 6 rings (SSSR count). The van der Waals surface area contributed by atoms with Crippen LogP contribution in [0.15, 0.2) is 93.8 Å². The van der Waals surface area contributed by atoms with Gasteiger partial charge in [0, 0.05) is 21.5 Å². The maximum Gasteiger partial charge on any atom is 0.359 e. The first-order valence-electron chi connectivity index (χ1n) is 9.28. The lowest BCUT2D eigenvalue weighted by atomic mass is 9.55. The molecule has 0 aliphatic heterocycles. The Hall–Kier alpha value is -3.50. The Morgan fingerprint density at radius 2 is 0.929 bits per heavy atom. The molecule has 0 aliphatic rings. The third-order valence-electron chi connectivity index (χ3n) is 5.43. The van der Waals surface area contributed by atoms with E-state index in [9.17, 15) is 5.02 Å². The van der Waals surface area contributed by atoms with Crippen LogP contribution in [0, 0.1) is 0 Å². The van der Waals surface area contributed by atoms with Gasteiger partial charge in [-0.3, -0.25) is 0 Å². The minimum absolute atomic E-state index is 0.726. The van der Waals surface area contributed by atoms with E-state index >= 15 is 0 Å². The Balaban J connectivity index is 1.50. The maximum atomic E-state index is 11.1. The summed E-state index contributed by atoms with van der Waals surface area (Å²) in [6, 6.07) is 27.7. The fourth-order valence-electron chi connectivity index (χ4n) is 4.02. The zero-order valence-electron chi connectivity index (χ0n) is 14.9. The van der Waals surface area contributed by atoms with Crippen LogP contribution in [-0.2, 0) is 0 Å². The molecule has 0 spiro atoms. The van der Waals surface area contributed by atoms with E-state index in [4.69, 9.17) is 8.83 Å². The molecule has 0 unspecified atom stereocenters. The fraction of sp³-hybridized carbons (Fsp3) is 0. The van der Waals surface area contributed by atoms with Gasteiger partial charge < -0.3 is 13.9 Å². The quantitative estimate of drug-likeness (QED) is 0.459. The number of para-hydroxylation sites is 2. The molecule has 0 saturated carbocycles. The summed E-state index contributed by atoms with van der Waals surface area (Å²) in [4.78, 5) is 0. The van der Waals surface area contributed by atoms with Crippen LogP contribution in [0.2, 0.25) is 0 Å². The largest absolute Gasteiger partial charge is 0.456 e. The summed E-state index contributed by atoms with van der Waals surface area (Å²) < 4.78 is 11.8. The van der Waals surface area contributed by atoms with Crippen molar-refractivity contribution in [1.29, 1.82) is 0 Å². The molecule has 0 saturated heterocycles. The molecular weight excluding hydrogens is 347 g/mol. The van der Waals surface area contributed by atoms with Gasteiger partial charge in [-0.1, -0.05) is 60.7 Å². The highest BCUT2D eigenvalue weighted by Crippen LogP contribution is 2.29. The molecule has 0 atom stereocenters. The van der Waals surface area contributed by atoms with E-state index in [2.05, 4.69) is 0 Å². The van der Waals surface area contributed by atoms with Crippen molar-refractivity contribution in [1.82, 2.24) is 0 Å². The lowest BCUT2D eigenvalue weighted by molar-refractivity contribution is 0.600. The number of fused-ring (bicyclic) bond motifs is 6. The summed E-state index contributed by atoms with van der Waals surface area (Å²) in [6.45, 7) is -0.726.